The largest absolute Gasteiger partial charge is 0.481 e. The topological polar surface area (TPSA) is 57.5 Å². The Morgan fingerprint density at radius 3 is 2.46 bits per heavy atom. The van der Waals surface area contributed by atoms with E-state index in [4.69, 9.17) is 5.11 Å². The van der Waals surface area contributed by atoms with Crippen molar-refractivity contribution in [2.24, 2.45) is 11.8 Å². The van der Waals surface area contributed by atoms with E-state index in [1.54, 1.807) is 0 Å². The van der Waals surface area contributed by atoms with Crippen LogP contribution in [0.3, 0.4) is 0 Å². The molecule has 0 aromatic heterocycles. The summed E-state index contributed by atoms with van der Waals surface area (Å²) < 4.78 is 0. The van der Waals surface area contributed by atoms with Crippen LogP contribution in [-0.4, -0.2) is 21.8 Å². The van der Waals surface area contributed by atoms with E-state index in [9.17, 15) is 9.90 Å². The Morgan fingerprint density at radius 1 is 1.23 bits per heavy atom. The summed E-state index contributed by atoms with van der Waals surface area (Å²) in [7, 11) is 0. The first-order valence-corrected chi connectivity index (χ1v) is 9.80. The van der Waals surface area contributed by atoms with E-state index in [2.05, 4.69) is 32.2 Å². The van der Waals surface area contributed by atoms with Gasteiger partial charge in [0, 0.05) is 12.3 Å². The van der Waals surface area contributed by atoms with Crippen LogP contribution in [0.5, 0.6) is 0 Å². The molecule has 0 fully saturated rings. The van der Waals surface area contributed by atoms with E-state index in [1.807, 2.05) is 32.1 Å². The van der Waals surface area contributed by atoms with Gasteiger partial charge in [0.05, 0.1) is 5.60 Å². The van der Waals surface area contributed by atoms with E-state index < -0.39 is 11.6 Å². The van der Waals surface area contributed by atoms with Crippen LogP contribution in [0.1, 0.15) is 72.1 Å². The van der Waals surface area contributed by atoms with Crippen molar-refractivity contribution < 1.29 is 15.0 Å². The second-order valence-corrected chi connectivity index (χ2v) is 7.44. The number of unbranched alkanes of at least 4 members (excludes halogenated alkanes) is 3. The molecule has 0 aromatic carbocycles. The van der Waals surface area contributed by atoms with Gasteiger partial charge in [0.15, 0.2) is 0 Å². The number of carboxylic acid groups (broad SMARTS) is 1. The van der Waals surface area contributed by atoms with Gasteiger partial charge in [-0.25, -0.2) is 0 Å². The van der Waals surface area contributed by atoms with Gasteiger partial charge in [0.25, 0.3) is 0 Å². The molecule has 1 unspecified atom stereocenters. The van der Waals surface area contributed by atoms with Crippen LogP contribution >= 0.6 is 0 Å². The number of hydrogen-bond acceptors (Lipinski definition) is 2. The van der Waals surface area contributed by atoms with Gasteiger partial charge in [0.2, 0.25) is 0 Å². The molecule has 3 atom stereocenters. The first kappa shape index (κ1) is 24.4. The minimum atomic E-state index is -0.790. The second kappa shape index (κ2) is 13.6. The molecular weight excluding hydrogens is 324 g/mol. The monoisotopic (exact) mass is 362 g/mol. The number of carboxylic acids is 1. The summed E-state index contributed by atoms with van der Waals surface area (Å²) >= 11 is 0. The third-order valence-electron chi connectivity index (χ3n) is 4.62. The normalized spacial score (nSPS) is 16.5. The lowest BCUT2D eigenvalue weighted by Gasteiger charge is -2.24. The lowest BCUT2D eigenvalue weighted by atomic mass is 9.83. The smallest absolute Gasteiger partial charge is 0.303 e. The number of hydrogen-bond donors (Lipinski definition) is 2. The standard InChI is InChI=1S/C23H38O3/c1-6-8-13-17-23(5,26)18-16-21(19(3)4)20(7-2)14-11-9-10-12-15-22(24)25/h7,9,11,16,18,20-21,26H,2-3,6,8,10,12-15,17H2,1,4-5H3,(H,24,25)/b11-9-,18-16+/t20-,21+,23?/m1/s1. The molecule has 0 amide bonds. The molecule has 0 saturated carbocycles. The van der Waals surface area contributed by atoms with E-state index in [1.165, 1.54) is 0 Å². The molecule has 3 heteroatoms. The lowest BCUT2D eigenvalue weighted by molar-refractivity contribution is -0.137. The average molecular weight is 363 g/mol. The average Bonchev–Trinajstić information content (AvgIpc) is 2.55. The fourth-order valence-electron chi connectivity index (χ4n) is 2.93. The molecule has 0 bridgehead atoms. The maximum absolute atomic E-state index is 10.5. The van der Waals surface area contributed by atoms with Crippen molar-refractivity contribution >= 4 is 5.97 Å². The van der Waals surface area contributed by atoms with Crippen molar-refractivity contribution in [1.29, 1.82) is 0 Å². The van der Waals surface area contributed by atoms with Gasteiger partial charge in [-0.1, -0.05) is 68.7 Å². The highest BCUT2D eigenvalue weighted by Crippen LogP contribution is 2.27. The third kappa shape index (κ3) is 11.9. The molecule has 0 radical (unpaired) electrons. The zero-order valence-electron chi connectivity index (χ0n) is 16.9. The first-order chi connectivity index (χ1) is 12.2. The van der Waals surface area contributed by atoms with Gasteiger partial charge in [-0.2, -0.15) is 0 Å². The molecule has 0 spiro atoms. The molecule has 0 aliphatic carbocycles. The highest BCUT2D eigenvalue weighted by molar-refractivity contribution is 5.66. The Balaban J connectivity index is 4.73. The first-order valence-electron chi connectivity index (χ1n) is 9.80. The number of aliphatic hydroxyl groups is 1. The van der Waals surface area contributed by atoms with E-state index >= 15 is 0 Å². The number of rotatable bonds is 15. The van der Waals surface area contributed by atoms with Crippen molar-refractivity contribution in [3.63, 3.8) is 0 Å². The zero-order valence-corrected chi connectivity index (χ0v) is 16.9. The van der Waals surface area contributed by atoms with Gasteiger partial charge in [-0.05, 0) is 45.4 Å². The zero-order chi connectivity index (χ0) is 20.0. The SMILES string of the molecule is C=C[C@H](C/C=C\CCCC(=O)O)[C@@H](/C=C/C(C)(O)CCCCC)C(=C)C. The Morgan fingerprint density at radius 2 is 1.92 bits per heavy atom. The van der Waals surface area contributed by atoms with Crippen molar-refractivity contribution in [3.8, 4) is 0 Å². The predicted octanol–water partition coefficient (Wildman–Crippen LogP) is 6.07. The van der Waals surface area contributed by atoms with Crippen molar-refractivity contribution in [2.45, 2.75) is 77.7 Å². The Kier molecular flexibility index (Phi) is 12.7. The van der Waals surface area contributed by atoms with Gasteiger partial charge in [0.1, 0.15) is 0 Å². The minimum absolute atomic E-state index is 0.133. The van der Waals surface area contributed by atoms with Crippen molar-refractivity contribution in [2.75, 3.05) is 0 Å². The molecule has 0 rings (SSSR count). The Hall–Kier alpha value is -1.61. The second-order valence-electron chi connectivity index (χ2n) is 7.44. The molecule has 148 valence electrons. The molecule has 0 saturated heterocycles. The van der Waals surface area contributed by atoms with Crippen LogP contribution < -0.4 is 0 Å². The molecule has 0 aliphatic heterocycles. The van der Waals surface area contributed by atoms with Crippen molar-refractivity contribution in [3.05, 3.63) is 49.1 Å². The Labute approximate surface area is 160 Å². The minimum Gasteiger partial charge on any atom is -0.481 e. The van der Waals surface area contributed by atoms with Gasteiger partial charge >= 0.3 is 5.97 Å². The van der Waals surface area contributed by atoms with Crippen LogP contribution in [0.25, 0.3) is 0 Å². The van der Waals surface area contributed by atoms with Gasteiger partial charge in [-0.15, -0.1) is 6.58 Å². The van der Waals surface area contributed by atoms with Crippen LogP contribution in [0.15, 0.2) is 49.1 Å². The molecule has 3 nitrogen and oxygen atoms in total. The molecule has 0 heterocycles. The quantitative estimate of drug-likeness (QED) is 0.274. The van der Waals surface area contributed by atoms with Gasteiger partial charge < -0.3 is 10.2 Å². The molecular formula is C23H38O3. The fraction of sp³-hybridized carbons (Fsp3) is 0.609. The summed E-state index contributed by atoms with van der Waals surface area (Å²) in [5.41, 5.74) is 0.260. The fourth-order valence-corrected chi connectivity index (χ4v) is 2.93. The lowest BCUT2D eigenvalue weighted by Crippen LogP contribution is -2.21. The molecule has 26 heavy (non-hydrogen) atoms. The molecule has 2 N–H and O–H groups in total. The highest BCUT2D eigenvalue weighted by atomic mass is 16.4. The number of carbonyl (C=O) groups is 1. The van der Waals surface area contributed by atoms with Crippen LogP contribution in [0, 0.1) is 11.8 Å². The summed E-state index contributed by atoms with van der Waals surface area (Å²) in [4.78, 5) is 10.5. The molecule has 0 aliphatic rings. The maximum Gasteiger partial charge on any atom is 0.303 e. The van der Waals surface area contributed by atoms with Crippen molar-refractivity contribution in [1.82, 2.24) is 0 Å². The summed E-state index contributed by atoms with van der Waals surface area (Å²) in [6.07, 6.45) is 16.6. The highest BCUT2D eigenvalue weighted by Gasteiger charge is 2.20. The van der Waals surface area contributed by atoms with E-state index in [0.717, 1.165) is 44.1 Å². The number of allylic oxidation sites excluding steroid dienone is 5. The molecule has 0 aromatic rings. The van der Waals surface area contributed by atoms with Gasteiger partial charge in [-0.3, -0.25) is 4.79 Å². The van der Waals surface area contributed by atoms with E-state index in [0.29, 0.717) is 6.42 Å². The van der Waals surface area contributed by atoms with Crippen LogP contribution in [-0.2, 0) is 4.79 Å². The summed E-state index contributed by atoms with van der Waals surface area (Å²) in [5.74, 6) is -0.402. The maximum atomic E-state index is 10.5. The number of aliphatic carboxylic acids is 1. The third-order valence-corrected chi connectivity index (χ3v) is 4.62. The van der Waals surface area contributed by atoms with Crippen LogP contribution in [0.2, 0.25) is 0 Å². The summed E-state index contributed by atoms with van der Waals surface area (Å²) in [6.45, 7) is 14.1. The predicted molar refractivity (Wildman–Crippen MR) is 111 cm³/mol. The summed E-state index contributed by atoms with van der Waals surface area (Å²) in [5, 5.41) is 19.2. The Bertz CT molecular complexity index is 486. The summed E-state index contributed by atoms with van der Waals surface area (Å²) in [6, 6.07) is 0. The van der Waals surface area contributed by atoms with E-state index in [-0.39, 0.29) is 18.3 Å². The van der Waals surface area contributed by atoms with Crippen LogP contribution in [0.4, 0.5) is 0 Å².